The van der Waals surface area contributed by atoms with Crippen LogP contribution in [0.4, 0.5) is 40.6 Å². The molecule has 0 saturated carbocycles. The van der Waals surface area contributed by atoms with E-state index in [9.17, 15) is 27.5 Å². The third kappa shape index (κ3) is 11.2. The second-order valence-corrected chi connectivity index (χ2v) is 11.1. The summed E-state index contributed by atoms with van der Waals surface area (Å²) in [7, 11) is 1.52. The van der Waals surface area contributed by atoms with Crippen molar-refractivity contribution in [3.05, 3.63) is 54.0 Å². The van der Waals surface area contributed by atoms with Crippen molar-refractivity contribution in [3.63, 3.8) is 0 Å². The molecule has 1 aromatic carbocycles. The van der Waals surface area contributed by atoms with Crippen LogP contribution in [0.1, 0.15) is 57.9 Å². The molecule has 0 aliphatic rings. The Morgan fingerprint density at radius 2 is 1.78 bits per heavy atom. The van der Waals surface area contributed by atoms with Crippen LogP contribution in [0.5, 0.6) is 0 Å². The first-order chi connectivity index (χ1) is 21.4. The molecule has 246 valence electrons. The van der Waals surface area contributed by atoms with Crippen molar-refractivity contribution in [3.8, 4) is 11.3 Å². The zero-order valence-corrected chi connectivity index (χ0v) is 26.3. The Kier molecular flexibility index (Phi) is 13.5. The number of nitrogens with zero attached hydrogens (tertiary/aromatic N) is 5. The van der Waals surface area contributed by atoms with E-state index in [0.29, 0.717) is 30.2 Å². The van der Waals surface area contributed by atoms with Crippen molar-refractivity contribution < 1.29 is 27.5 Å². The summed E-state index contributed by atoms with van der Waals surface area (Å²) in [6.45, 7) is 8.41. The number of amides is 1. The summed E-state index contributed by atoms with van der Waals surface area (Å²) in [4.78, 5) is 20.7. The topological polar surface area (TPSA) is 107 Å². The number of hydrogen-bond donors (Lipinski definition) is 3. The molecule has 2 aromatic heterocycles. The van der Waals surface area contributed by atoms with E-state index >= 15 is 0 Å². The van der Waals surface area contributed by atoms with Gasteiger partial charge in [0.05, 0.1) is 11.4 Å². The highest BCUT2D eigenvalue weighted by atomic mass is 19.4. The molecule has 0 fully saturated rings. The normalized spacial score (nSPS) is 12.3. The van der Waals surface area contributed by atoms with Gasteiger partial charge in [0.2, 0.25) is 5.91 Å². The smallest absolute Gasteiger partial charge is 0.384 e. The Bertz CT molecular complexity index is 1390. The average Bonchev–Trinajstić information content (AvgIpc) is 2.99. The quantitative estimate of drug-likeness (QED) is 0.111. The molecular weight excluding hydrogens is 590 g/mol. The van der Waals surface area contributed by atoms with Gasteiger partial charge in [-0.05, 0) is 63.5 Å². The summed E-state index contributed by atoms with van der Waals surface area (Å²) in [6.07, 6.45) is -1.64. The van der Waals surface area contributed by atoms with E-state index < -0.39 is 24.5 Å². The van der Waals surface area contributed by atoms with E-state index in [1.165, 1.54) is 24.2 Å². The Morgan fingerprint density at radius 1 is 1.00 bits per heavy atom. The zero-order chi connectivity index (χ0) is 33.0. The largest absolute Gasteiger partial charge is 0.414 e. The third-order valence-corrected chi connectivity index (χ3v) is 7.23. The van der Waals surface area contributed by atoms with Gasteiger partial charge < -0.3 is 25.5 Å². The molecule has 0 aliphatic heterocycles. The molecule has 0 aliphatic carbocycles. The maximum absolute atomic E-state index is 14.7. The number of aliphatic hydroxyl groups excluding tert-OH is 1. The van der Waals surface area contributed by atoms with Crippen LogP contribution in [0.15, 0.2) is 42.6 Å². The second-order valence-electron chi connectivity index (χ2n) is 11.1. The molecule has 13 heteroatoms. The van der Waals surface area contributed by atoms with E-state index in [0.717, 1.165) is 44.3 Å². The van der Waals surface area contributed by atoms with Crippen molar-refractivity contribution in [2.24, 2.45) is 0 Å². The van der Waals surface area contributed by atoms with Gasteiger partial charge in [0.15, 0.2) is 11.9 Å². The van der Waals surface area contributed by atoms with Gasteiger partial charge in [0.1, 0.15) is 11.6 Å². The number of aliphatic hydroxyl groups is 1. The lowest BCUT2D eigenvalue weighted by Crippen LogP contribution is -2.33. The number of carbonyl (C=O) groups excluding carboxylic acids is 1. The summed E-state index contributed by atoms with van der Waals surface area (Å²) in [5.41, 5.74) is 2.06. The minimum Gasteiger partial charge on any atom is -0.384 e. The number of carbonyl (C=O) groups is 1. The fourth-order valence-corrected chi connectivity index (χ4v) is 4.75. The SMILES string of the molecule is CCCCCN(CCC)CCC(=O)Nc1cc(Nc2cc(-c3cc(C)ccc3F)nnc2N(C)CCC(O)C(F)(F)F)ccn1. The number of anilines is 4. The van der Waals surface area contributed by atoms with Crippen molar-refractivity contribution >= 4 is 28.9 Å². The Balaban J connectivity index is 1.81. The van der Waals surface area contributed by atoms with Crippen LogP contribution in [-0.2, 0) is 4.79 Å². The number of aryl methyl sites for hydroxylation is 1. The van der Waals surface area contributed by atoms with Crippen molar-refractivity contribution in [2.45, 2.75) is 71.6 Å². The fourth-order valence-electron chi connectivity index (χ4n) is 4.75. The van der Waals surface area contributed by atoms with Gasteiger partial charge in [0.25, 0.3) is 0 Å². The fraction of sp³-hybridized carbons (Fsp3) is 0.500. The van der Waals surface area contributed by atoms with Crippen LogP contribution in [0.25, 0.3) is 11.3 Å². The number of rotatable bonds is 17. The summed E-state index contributed by atoms with van der Waals surface area (Å²) >= 11 is 0. The predicted octanol–water partition coefficient (Wildman–Crippen LogP) is 6.71. The molecule has 0 radical (unpaired) electrons. The standard InChI is InChI=1S/C32H43F4N7O2/c1-5-7-8-16-43(15-6-2)18-13-30(45)39-29-20-23(11-14-37-29)38-27-21-26(24-19-22(3)9-10-25(24)33)40-41-31(27)42(4)17-12-28(44)32(34,35)36/h9-11,14,19-21,28,44H,5-8,12-13,15-18H2,1-4H3,(H2,37,38,39,40,45). The summed E-state index contributed by atoms with van der Waals surface area (Å²) in [6, 6.07) is 9.39. The van der Waals surface area contributed by atoms with E-state index in [1.807, 2.05) is 6.92 Å². The Labute approximate surface area is 262 Å². The lowest BCUT2D eigenvalue weighted by atomic mass is 10.1. The minimum atomic E-state index is -4.75. The first-order valence-corrected chi connectivity index (χ1v) is 15.3. The van der Waals surface area contributed by atoms with Gasteiger partial charge in [-0.25, -0.2) is 9.37 Å². The molecule has 0 bridgehead atoms. The number of halogens is 4. The van der Waals surface area contributed by atoms with Crippen LogP contribution < -0.4 is 15.5 Å². The van der Waals surface area contributed by atoms with Crippen LogP contribution in [-0.4, -0.2) is 76.6 Å². The van der Waals surface area contributed by atoms with Crippen LogP contribution in [0, 0.1) is 12.7 Å². The molecule has 3 N–H and O–H groups in total. The summed E-state index contributed by atoms with van der Waals surface area (Å²) in [5.74, 6) is -0.189. The van der Waals surface area contributed by atoms with Crippen molar-refractivity contribution in [1.29, 1.82) is 0 Å². The highest BCUT2D eigenvalue weighted by Gasteiger charge is 2.38. The molecule has 0 saturated heterocycles. The van der Waals surface area contributed by atoms with E-state index in [4.69, 9.17) is 0 Å². The first-order valence-electron chi connectivity index (χ1n) is 15.3. The number of pyridine rings is 1. The molecule has 45 heavy (non-hydrogen) atoms. The minimum absolute atomic E-state index is 0.178. The van der Waals surface area contributed by atoms with E-state index in [1.54, 1.807) is 30.3 Å². The van der Waals surface area contributed by atoms with Gasteiger partial charge in [0, 0.05) is 50.1 Å². The number of unbranched alkanes of at least 4 members (excludes halogenated alkanes) is 2. The molecule has 0 spiro atoms. The lowest BCUT2D eigenvalue weighted by Gasteiger charge is -2.23. The van der Waals surface area contributed by atoms with Gasteiger partial charge in [-0.3, -0.25) is 4.79 Å². The summed E-state index contributed by atoms with van der Waals surface area (Å²) in [5, 5.41) is 23.9. The molecule has 9 nitrogen and oxygen atoms in total. The second kappa shape index (κ2) is 17.0. The van der Waals surface area contributed by atoms with Crippen LogP contribution >= 0.6 is 0 Å². The lowest BCUT2D eigenvalue weighted by molar-refractivity contribution is -0.204. The van der Waals surface area contributed by atoms with Crippen LogP contribution in [0.3, 0.4) is 0 Å². The van der Waals surface area contributed by atoms with Crippen molar-refractivity contribution in [1.82, 2.24) is 20.1 Å². The molecular formula is C32H43F4N7O2. The third-order valence-electron chi connectivity index (χ3n) is 7.23. The predicted molar refractivity (Wildman–Crippen MR) is 169 cm³/mol. The molecule has 1 unspecified atom stereocenters. The maximum Gasteiger partial charge on any atom is 0.414 e. The number of benzene rings is 1. The number of aromatic nitrogens is 3. The number of hydrogen-bond acceptors (Lipinski definition) is 8. The molecule has 3 rings (SSSR count). The number of alkyl halides is 3. The highest BCUT2D eigenvalue weighted by molar-refractivity contribution is 5.90. The molecule has 2 heterocycles. The first kappa shape index (κ1) is 35.6. The van der Waals surface area contributed by atoms with Gasteiger partial charge >= 0.3 is 6.18 Å². The maximum atomic E-state index is 14.7. The highest BCUT2D eigenvalue weighted by Crippen LogP contribution is 2.32. The molecule has 1 amide bonds. The van der Waals surface area contributed by atoms with E-state index in [-0.39, 0.29) is 29.5 Å². The average molecular weight is 634 g/mol. The van der Waals surface area contributed by atoms with Gasteiger partial charge in [-0.15, -0.1) is 10.2 Å². The zero-order valence-electron chi connectivity index (χ0n) is 26.3. The van der Waals surface area contributed by atoms with Gasteiger partial charge in [-0.2, -0.15) is 13.2 Å². The van der Waals surface area contributed by atoms with Gasteiger partial charge in [-0.1, -0.05) is 38.3 Å². The number of nitrogens with one attached hydrogen (secondary N) is 2. The van der Waals surface area contributed by atoms with E-state index in [2.05, 4.69) is 44.6 Å². The van der Waals surface area contributed by atoms with Crippen LogP contribution in [0.2, 0.25) is 0 Å². The van der Waals surface area contributed by atoms with Crippen molar-refractivity contribution in [2.75, 3.05) is 48.8 Å². The Morgan fingerprint density at radius 3 is 2.49 bits per heavy atom. The molecule has 1 atom stereocenters. The Hall–Kier alpha value is -3.84. The summed E-state index contributed by atoms with van der Waals surface area (Å²) < 4.78 is 53.4. The monoisotopic (exact) mass is 633 g/mol. The molecule has 3 aromatic rings.